The van der Waals surface area contributed by atoms with E-state index in [2.05, 4.69) is 20.8 Å². The van der Waals surface area contributed by atoms with Crippen molar-refractivity contribution in [1.82, 2.24) is 0 Å². The van der Waals surface area contributed by atoms with E-state index < -0.39 is 0 Å². The van der Waals surface area contributed by atoms with Crippen molar-refractivity contribution in [1.29, 1.82) is 0 Å². The van der Waals surface area contributed by atoms with Crippen LogP contribution in [-0.4, -0.2) is 25.8 Å². The zero-order chi connectivity index (χ0) is 10.8. The lowest BCUT2D eigenvalue weighted by Gasteiger charge is -2.38. The van der Waals surface area contributed by atoms with Crippen LogP contribution in [0.15, 0.2) is 0 Å². The van der Waals surface area contributed by atoms with Crippen molar-refractivity contribution in [2.45, 2.75) is 39.7 Å². The highest BCUT2D eigenvalue weighted by Crippen LogP contribution is 2.39. The molecule has 1 aliphatic rings. The van der Waals surface area contributed by atoms with Gasteiger partial charge in [0.2, 0.25) is 0 Å². The summed E-state index contributed by atoms with van der Waals surface area (Å²) in [7, 11) is 1.57. The molecule has 0 N–H and O–H groups in total. The fraction of sp³-hybridized carbons (Fsp3) is 0.909. The summed E-state index contributed by atoms with van der Waals surface area (Å²) in [6.45, 7) is 6.67. The van der Waals surface area contributed by atoms with Crippen LogP contribution in [0.25, 0.3) is 0 Å². The number of methoxy groups -OCH3 is 1. The molecule has 0 aromatic heterocycles. The van der Waals surface area contributed by atoms with Crippen LogP contribution in [0.3, 0.4) is 0 Å². The third kappa shape index (κ3) is 2.55. The second-order valence-electron chi connectivity index (χ2n) is 4.83. The van der Waals surface area contributed by atoms with Gasteiger partial charge in [0, 0.05) is 13.5 Å². The van der Waals surface area contributed by atoms with Gasteiger partial charge in [-0.05, 0) is 17.8 Å². The summed E-state index contributed by atoms with van der Waals surface area (Å²) in [5.74, 6) is 0.729. The first-order valence-corrected chi connectivity index (χ1v) is 5.10. The van der Waals surface area contributed by atoms with Gasteiger partial charge in [-0.1, -0.05) is 20.8 Å². The average Bonchev–Trinajstić information content (AvgIpc) is 2.08. The molecule has 3 nitrogen and oxygen atoms in total. The molecule has 0 aromatic rings. The van der Waals surface area contributed by atoms with Crippen molar-refractivity contribution in [3.05, 3.63) is 0 Å². The minimum atomic E-state index is -0.252. The van der Waals surface area contributed by atoms with E-state index in [-0.39, 0.29) is 24.1 Å². The molecule has 0 aromatic carbocycles. The van der Waals surface area contributed by atoms with Crippen molar-refractivity contribution in [3.8, 4) is 0 Å². The van der Waals surface area contributed by atoms with Gasteiger partial charge in [-0.2, -0.15) is 0 Å². The Morgan fingerprint density at radius 1 is 1.50 bits per heavy atom. The molecule has 2 atom stereocenters. The van der Waals surface area contributed by atoms with Crippen LogP contribution in [0.2, 0.25) is 0 Å². The van der Waals surface area contributed by atoms with Crippen molar-refractivity contribution in [2.24, 2.45) is 11.3 Å². The highest BCUT2D eigenvalue weighted by Gasteiger charge is 2.39. The fourth-order valence-electron chi connectivity index (χ4n) is 1.82. The Morgan fingerprint density at radius 2 is 2.14 bits per heavy atom. The normalized spacial score (nSPS) is 31.9. The van der Waals surface area contributed by atoms with E-state index >= 15 is 0 Å². The molecule has 14 heavy (non-hydrogen) atoms. The Balaban J connectivity index is 2.54. The molecule has 3 heteroatoms. The fourth-order valence-corrected chi connectivity index (χ4v) is 1.82. The van der Waals surface area contributed by atoms with Gasteiger partial charge in [-0.25, -0.2) is 0 Å². The molecule has 0 aliphatic heterocycles. The monoisotopic (exact) mass is 200 g/mol. The number of hydrogen-bond acceptors (Lipinski definition) is 3. The molecule has 0 spiro atoms. The summed E-state index contributed by atoms with van der Waals surface area (Å²) < 4.78 is 10.1. The van der Waals surface area contributed by atoms with Gasteiger partial charge in [-0.15, -0.1) is 0 Å². The summed E-state index contributed by atoms with van der Waals surface area (Å²) in [4.78, 5) is 11.7. The van der Waals surface area contributed by atoms with Gasteiger partial charge < -0.3 is 9.47 Å². The van der Waals surface area contributed by atoms with Crippen LogP contribution in [0.1, 0.15) is 33.6 Å². The Hall–Kier alpha value is -0.410. The number of ketones is 1. The van der Waals surface area contributed by atoms with Crippen LogP contribution in [-0.2, 0) is 14.3 Å². The maximum Gasteiger partial charge on any atom is 0.162 e. The van der Waals surface area contributed by atoms with Crippen molar-refractivity contribution in [3.63, 3.8) is 0 Å². The van der Waals surface area contributed by atoms with Gasteiger partial charge in [0.15, 0.2) is 5.78 Å². The Labute approximate surface area is 85.8 Å². The molecule has 1 fully saturated rings. The zero-order valence-corrected chi connectivity index (χ0v) is 9.50. The van der Waals surface area contributed by atoms with E-state index in [0.29, 0.717) is 12.3 Å². The maximum absolute atomic E-state index is 11.7. The number of rotatable bonds is 3. The SMILES string of the molecule is COCO[C@@H]1C[C@H](C)C(C)(C)CC1=O. The van der Waals surface area contributed by atoms with Gasteiger partial charge in [0.1, 0.15) is 12.9 Å². The maximum atomic E-state index is 11.7. The van der Waals surface area contributed by atoms with E-state index in [9.17, 15) is 4.79 Å². The Morgan fingerprint density at radius 3 is 2.71 bits per heavy atom. The third-order valence-electron chi connectivity index (χ3n) is 3.28. The van der Waals surface area contributed by atoms with E-state index in [1.54, 1.807) is 7.11 Å². The quantitative estimate of drug-likeness (QED) is 0.654. The topological polar surface area (TPSA) is 35.5 Å². The van der Waals surface area contributed by atoms with E-state index in [1.165, 1.54) is 0 Å². The van der Waals surface area contributed by atoms with Crippen LogP contribution in [0.4, 0.5) is 0 Å². The molecule has 82 valence electrons. The summed E-state index contributed by atoms with van der Waals surface area (Å²) in [5.41, 5.74) is 0.115. The van der Waals surface area contributed by atoms with E-state index in [0.717, 1.165) is 6.42 Å². The van der Waals surface area contributed by atoms with E-state index in [4.69, 9.17) is 9.47 Å². The lowest BCUT2D eigenvalue weighted by Crippen LogP contribution is -2.41. The number of hydrogen-bond donors (Lipinski definition) is 0. The largest absolute Gasteiger partial charge is 0.359 e. The Kier molecular flexibility index (Phi) is 3.67. The second-order valence-corrected chi connectivity index (χ2v) is 4.83. The lowest BCUT2D eigenvalue weighted by atomic mass is 9.68. The van der Waals surface area contributed by atoms with Crippen LogP contribution >= 0.6 is 0 Å². The number of carbonyl (C=O) groups excluding carboxylic acids is 1. The van der Waals surface area contributed by atoms with Crippen molar-refractivity contribution >= 4 is 5.78 Å². The van der Waals surface area contributed by atoms with Crippen LogP contribution < -0.4 is 0 Å². The highest BCUT2D eigenvalue weighted by molar-refractivity contribution is 5.84. The molecule has 0 bridgehead atoms. The number of Topliss-reactive ketones (excluding diaryl/α,β-unsaturated/α-hetero) is 1. The zero-order valence-electron chi connectivity index (χ0n) is 9.50. The minimum Gasteiger partial charge on any atom is -0.359 e. The molecule has 0 radical (unpaired) electrons. The molecular weight excluding hydrogens is 180 g/mol. The molecule has 1 aliphatic carbocycles. The van der Waals surface area contributed by atoms with Crippen LogP contribution in [0.5, 0.6) is 0 Å². The first-order valence-electron chi connectivity index (χ1n) is 5.10. The first-order chi connectivity index (χ1) is 6.47. The highest BCUT2D eigenvalue weighted by atomic mass is 16.7. The lowest BCUT2D eigenvalue weighted by molar-refractivity contribution is -0.151. The summed E-state index contributed by atoms with van der Waals surface area (Å²) >= 11 is 0. The molecule has 0 heterocycles. The van der Waals surface area contributed by atoms with Crippen molar-refractivity contribution in [2.75, 3.05) is 13.9 Å². The molecule has 0 saturated heterocycles. The van der Waals surface area contributed by atoms with Gasteiger partial charge >= 0.3 is 0 Å². The minimum absolute atomic E-state index is 0.115. The third-order valence-corrected chi connectivity index (χ3v) is 3.28. The smallest absolute Gasteiger partial charge is 0.162 e. The predicted molar refractivity (Wildman–Crippen MR) is 53.9 cm³/mol. The van der Waals surface area contributed by atoms with Crippen molar-refractivity contribution < 1.29 is 14.3 Å². The Bertz CT molecular complexity index is 211. The molecule has 0 unspecified atom stereocenters. The number of carbonyl (C=O) groups is 1. The molecule has 1 rings (SSSR count). The number of ether oxygens (including phenoxy) is 2. The summed E-state index contributed by atoms with van der Waals surface area (Å²) in [6.07, 6.45) is 1.18. The summed E-state index contributed by atoms with van der Waals surface area (Å²) in [6, 6.07) is 0. The van der Waals surface area contributed by atoms with Gasteiger partial charge in [0.05, 0.1) is 0 Å². The standard InChI is InChI=1S/C11H20O3/c1-8-5-10(14-7-13-4)9(12)6-11(8,2)3/h8,10H,5-7H2,1-4H3/t8-,10+/m0/s1. The molecule has 0 amide bonds. The predicted octanol–water partition coefficient (Wildman–Crippen LogP) is 2.00. The van der Waals surface area contributed by atoms with Gasteiger partial charge in [-0.3, -0.25) is 4.79 Å². The van der Waals surface area contributed by atoms with E-state index in [1.807, 2.05) is 0 Å². The van der Waals surface area contributed by atoms with Gasteiger partial charge in [0.25, 0.3) is 0 Å². The molecular formula is C11H20O3. The second kappa shape index (κ2) is 4.41. The van der Waals surface area contributed by atoms with Crippen LogP contribution in [0, 0.1) is 11.3 Å². The first kappa shape index (κ1) is 11.7. The average molecular weight is 200 g/mol. The summed E-state index contributed by atoms with van der Waals surface area (Å²) in [5, 5.41) is 0. The molecule has 1 saturated carbocycles.